The zero-order valence-corrected chi connectivity index (χ0v) is 14.9. The molecule has 0 fully saturated rings. The van der Waals surface area contributed by atoms with Crippen molar-refractivity contribution in [1.82, 2.24) is 0 Å². The molecule has 1 amide bonds. The quantitative estimate of drug-likeness (QED) is 0.600. The van der Waals surface area contributed by atoms with Crippen molar-refractivity contribution < 1.29 is 31.5 Å². The number of sulfone groups is 1. The van der Waals surface area contributed by atoms with Crippen LogP contribution in [0, 0.1) is 0 Å². The van der Waals surface area contributed by atoms with Gasteiger partial charge in [-0.1, -0.05) is 24.3 Å². The zero-order valence-electron chi connectivity index (χ0n) is 14.1. The second-order valence-electron chi connectivity index (χ2n) is 5.24. The van der Waals surface area contributed by atoms with Crippen molar-refractivity contribution in [3.8, 4) is 0 Å². The van der Waals surface area contributed by atoms with Gasteiger partial charge in [-0.05, 0) is 35.9 Å². The molecular weight excluding hydrogens is 380 g/mol. The number of amides is 1. The minimum atomic E-state index is -4.85. The van der Waals surface area contributed by atoms with Crippen molar-refractivity contribution in [3.63, 3.8) is 0 Å². The molecule has 0 aliphatic rings. The Morgan fingerprint density at radius 1 is 1.07 bits per heavy atom. The number of esters is 1. The Balaban J connectivity index is 2.15. The summed E-state index contributed by atoms with van der Waals surface area (Å²) in [6.07, 6.45) is 2.53. The third kappa shape index (κ3) is 4.98. The van der Waals surface area contributed by atoms with Gasteiger partial charge in [-0.25, -0.2) is 13.2 Å². The number of hydrogen-bond donors (Lipinski definition) is 1. The van der Waals surface area contributed by atoms with Gasteiger partial charge in [0.25, 0.3) is 0 Å². The molecular formula is C18H15F2NO5S. The number of halogens is 2. The SMILES string of the molecule is COC(=O)c1ccc(/C=C/C(=O)Nc2ccccc2S(=O)(=O)C(F)F)cc1. The Morgan fingerprint density at radius 3 is 2.30 bits per heavy atom. The molecule has 1 N–H and O–H groups in total. The topological polar surface area (TPSA) is 89.5 Å². The molecule has 0 saturated heterocycles. The molecule has 0 aliphatic carbocycles. The lowest BCUT2D eigenvalue weighted by Crippen LogP contribution is -2.16. The number of anilines is 1. The van der Waals surface area contributed by atoms with Gasteiger partial charge in [0, 0.05) is 6.08 Å². The summed E-state index contributed by atoms with van der Waals surface area (Å²) in [7, 11) is -3.60. The van der Waals surface area contributed by atoms with Gasteiger partial charge in [-0.3, -0.25) is 4.79 Å². The van der Waals surface area contributed by atoms with Gasteiger partial charge in [0.2, 0.25) is 15.7 Å². The van der Waals surface area contributed by atoms with Crippen LogP contribution in [-0.4, -0.2) is 33.2 Å². The fourth-order valence-corrected chi connectivity index (χ4v) is 2.99. The van der Waals surface area contributed by atoms with E-state index in [0.717, 1.165) is 12.1 Å². The van der Waals surface area contributed by atoms with Crippen LogP contribution < -0.4 is 5.32 Å². The Kier molecular flexibility index (Phi) is 6.40. The monoisotopic (exact) mass is 395 g/mol. The van der Waals surface area contributed by atoms with Gasteiger partial charge in [-0.2, -0.15) is 8.78 Å². The number of ether oxygens (including phenoxy) is 1. The highest BCUT2D eigenvalue weighted by Gasteiger charge is 2.29. The molecule has 0 saturated carbocycles. The lowest BCUT2D eigenvalue weighted by molar-refractivity contribution is -0.111. The summed E-state index contributed by atoms with van der Waals surface area (Å²) in [6.45, 7) is 0. The second kappa shape index (κ2) is 8.54. The van der Waals surface area contributed by atoms with Crippen molar-refractivity contribution in [3.05, 3.63) is 65.7 Å². The van der Waals surface area contributed by atoms with E-state index in [1.807, 2.05) is 0 Å². The molecule has 2 aromatic carbocycles. The summed E-state index contributed by atoms with van der Waals surface area (Å²) in [4.78, 5) is 22.7. The highest BCUT2D eigenvalue weighted by atomic mass is 32.2. The Hall–Kier alpha value is -3.07. The van der Waals surface area contributed by atoms with Crippen LogP contribution in [0.25, 0.3) is 6.08 Å². The standard InChI is InChI=1S/C18H15F2NO5S/c1-26-17(23)13-9-6-12(7-10-13)8-11-16(22)21-14-4-2-3-5-15(14)27(24,25)18(19)20/h2-11,18H,1H3,(H,21,22)/b11-8+. The van der Waals surface area contributed by atoms with E-state index in [1.54, 1.807) is 12.1 Å². The van der Waals surface area contributed by atoms with Crippen LogP contribution in [-0.2, 0) is 19.4 Å². The molecule has 0 aliphatic heterocycles. The minimum Gasteiger partial charge on any atom is -0.465 e. The van der Waals surface area contributed by atoms with E-state index in [0.29, 0.717) is 11.1 Å². The number of nitrogens with one attached hydrogen (secondary N) is 1. The first kappa shape index (κ1) is 20.2. The molecule has 0 radical (unpaired) electrons. The summed E-state index contributed by atoms with van der Waals surface area (Å²) in [5.74, 6) is -4.80. The number of carbonyl (C=O) groups excluding carboxylic acids is 2. The first-order valence-corrected chi connectivity index (χ1v) is 9.09. The maximum Gasteiger partial charge on any atom is 0.341 e. The number of alkyl halides is 2. The molecule has 142 valence electrons. The van der Waals surface area contributed by atoms with E-state index in [-0.39, 0.29) is 5.69 Å². The van der Waals surface area contributed by atoms with Crippen molar-refractivity contribution in [2.24, 2.45) is 0 Å². The third-order valence-electron chi connectivity index (χ3n) is 3.44. The highest BCUT2D eigenvalue weighted by Crippen LogP contribution is 2.26. The van der Waals surface area contributed by atoms with Crippen molar-refractivity contribution in [2.75, 3.05) is 12.4 Å². The fraction of sp³-hybridized carbons (Fsp3) is 0.111. The summed E-state index contributed by atoms with van der Waals surface area (Å²) in [5.41, 5.74) is 0.685. The molecule has 0 aromatic heterocycles. The molecule has 0 atom stereocenters. The Morgan fingerprint density at radius 2 is 1.70 bits per heavy atom. The Bertz CT molecular complexity index is 970. The van der Waals surface area contributed by atoms with E-state index < -0.39 is 32.4 Å². The van der Waals surface area contributed by atoms with Gasteiger partial charge < -0.3 is 10.1 Å². The highest BCUT2D eigenvalue weighted by molar-refractivity contribution is 7.91. The van der Waals surface area contributed by atoms with E-state index >= 15 is 0 Å². The van der Waals surface area contributed by atoms with E-state index in [1.165, 1.54) is 43.5 Å². The number of hydrogen-bond acceptors (Lipinski definition) is 5. The molecule has 27 heavy (non-hydrogen) atoms. The van der Waals surface area contributed by atoms with E-state index in [4.69, 9.17) is 0 Å². The first-order chi connectivity index (χ1) is 12.8. The average molecular weight is 395 g/mol. The normalized spacial score (nSPS) is 11.6. The zero-order chi connectivity index (χ0) is 20.0. The summed E-state index contributed by atoms with van der Waals surface area (Å²) >= 11 is 0. The summed E-state index contributed by atoms with van der Waals surface area (Å²) in [5, 5.41) is 2.27. The lowest BCUT2D eigenvalue weighted by Gasteiger charge is -2.10. The van der Waals surface area contributed by atoms with Gasteiger partial charge in [0.15, 0.2) is 0 Å². The second-order valence-corrected chi connectivity index (χ2v) is 7.12. The van der Waals surface area contributed by atoms with E-state index in [2.05, 4.69) is 10.1 Å². The predicted molar refractivity (Wildman–Crippen MR) is 95.1 cm³/mol. The summed E-state index contributed by atoms with van der Waals surface area (Å²) < 4.78 is 53.4. The van der Waals surface area contributed by atoms with Crippen LogP contribution >= 0.6 is 0 Å². The van der Waals surface area contributed by atoms with E-state index in [9.17, 15) is 26.8 Å². The summed E-state index contributed by atoms with van der Waals surface area (Å²) in [6, 6.07) is 11.1. The van der Waals surface area contributed by atoms with Crippen LogP contribution in [0.1, 0.15) is 15.9 Å². The molecule has 0 unspecified atom stereocenters. The number of rotatable bonds is 6. The number of carbonyl (C=O) groups is 2. The lowest BCUT2D eigenvalue weighted by atomic mass is 10.1. The van der Waals surface area contributed by atoms with Crippen LogP contribution in [0.5, 0.6) is 0 Å². The minimum absolute atomic E-state index is 0.242. The number of methoxy groups -OCH3 is 1. The van der Waals surface area contributed by atoms with Gasteiger partial charge in [0.05, 0.1) is 23.3 Å². The Labute approximate surface area is 154 Å². The molecule has 9 heteroatoms. The molecule has 0 bridgehead atoms. The third-order valence-corrected chi connectivity index (χ3v) is 4.88. The molecule has 2 aromatic rings. The van der Waals surface area contributed by atoms with Gasteiger partial charge in [0.1, 0.15) is 0 Å². The van der Waals surface area contributed by atoms with Crippen LogP contribution in [0.15, 0.2) is 59.5 Å². The maximum absolute atomic E-state index is 12.8. The van der Waals surface area contributed by atoms with Crippen LogP contribution in [0.4, 0.5) is 14.5 Å². The van der Waals surface area contributed by atoms with Gasteiger partial charge >= 0.3 is 11.7 Å². The van der Waals surface area contributed by atoms with Crippen molar-refractivity contribution in [1.29, 1.82) is 0 Å². The van der Waals surface area contributed by atoms with Crippen LogP contribution in [0.3, 0.4) is 0 Å². The maximum atomic E-state index is 12.8. The fourth-order valence-electron chi connectivity index (χ4n) is 2.11. The molecule has 0 spiro atoms. The predicted octanol–water partition coefficient (Wildman–Crippen LogP) is 3.12. The number of para-hydroxylation sites is 1. The average Bonchev–Trinajstić information content (AvgIpc) is 2.66. The van der Waals surface area contributed by atoms with Crippen molar-refractivity contribution in [2.45, 2.75) is 10.7 Å². The van der Waals surface area contributed by atoms with Gasteiger partial charge in [-0.15, -0.1) is 0 Å². The molecule has 2 rings (SSSR count). The molecule has 0 heterocycles. The molecule has 6 nitrogen and oxygen atoms in total. The first-order valence-electron chi connectivity index (χ1n) is 7.54. The van der Waals surface area contributed by atoms with Crippen molar-refractivity contribution >= 4 is 33.5 Å². The largest absolute Gasteiger partial charge is 0.465 e. The smallest absolute Gasteiger partial charge is 0.341 e. The van der Waals surface area contributed by atoms with Crippen LogP contribution in [0.2, 0.25) is 0 Å². The number of benzene rings is 2.